The third kappa shape index (κ3) is 11.1. The van der Waals surface area contributed by atoms with Gasteiger partial charge in [0.15, 0.2) is 0 Å². The number of hydrogen-bond donors (Lipinski definition) is 0. The van der Waals surface area contributed by atoms with Crippen molar-refractivity contribution in [2.45, 2.75) is 26.3 Å². The van der Waals surface area contributed by atoms with Crippen molar-refractivity contribution >= 4 is 46.6 Å². The second kappa shape index (κ2) is 8.68. The Balaban J connectivity index is 0.000000385. The number of unbranched alkanes of at least 4 members (excludes halogenated alkanes) is 1. The van der Waals surface area contributed by atoms with Crippen molar-refractivity contribution in [3.63, 3.8) is 0 Å². The molecule has 0 N–H and O–H groups in total. The molecule has 97 valence electrons. The maximum absolute atomic E-state index is 4.95. The molecule has 0 fully saturated rings. The van der Waals surface area contributed by atoms with Crippen molar-refractivity contribution in [1.82, 2.24) is 4.57 Å². The van der Waals surface area contributed by atoms with Gasteiger partial charge in [-0.2, -0.15) is 0 Å². The van der Waals surface area contributed by atoms with Crippen molar-refractivity contribution < 1.29 is 13.8 Å². The number of imidazole rings is 1. The first-order valence-electron chi connectivity index (χ1n) is 4.59. The Bertz CT molecular complexity index is 303. The third-order valence-electron chi connectivity index (χ3n) is 1.69. The van der Waals surface area contributed by atoms with E-state index in [9.17, 15) is 0 Å². The summed E-state index contributed by atoms with van der Waals surface area (Å²) in [4.78, 5) is 0. The number of rotatable bonds is 4. The fraction of sp³-hybridized carbons (Fsp3) is 0.444. The van der Waals surface area contributed by atoms with Gasteiger partial charge in [0, 0.05) is 0 Å². The number of halogens is 4. The average molecular weight is 349 g/mol. The van der Waals surface area contributed by atoms with Crippen LogP contribution in [-0.2, 0) is 15.7 Å². The van der Waals surface area contributed by atoms with E-state index in [-0.39, 0.29) is 0 Å². The summed E-state index contributed by atoms with van der Waals surface area (Å²) in [6.07, 6.45) is 10.4. The first-order valence-corrected chi connectivity index (χ1v) is 10.7. The summed E-state index contributed by atoms with van der Waals surface area (Å²) in [5, 5.41) is 0. The zero-order chi connectivity index (χ0) is 12.6. The first-order chi connectivity index (χ1) is 7.36. The van der Waals surface area contributed by atoms with Crippen LogP contribution in [0.3, 0.4) is 0 Å². The molecule has 1 aromatic rings. The van der Waals surface area contributed by atoms with E-state index in [1.54, 1.807) is 6.20 Å². The molecule has 0 atom stereocenters. The summed E-state index contributed by atoms with van der Waals surface area (Å²) in [6.45, 7) is 6.98. The van der Waals surface area contributed by atoms with E-state index in [1.165, 1.54) is 12.8 Å². The molecule has 0 aliphatic heterocycles. The van der Waals surface area contributed by atoms with Gasteiger partial charge in [0.25, 0.3) is 0 Å². The molecule has 0 bridgehead atoms. The summed E-state index contributed by atoms with van der Waals surface area (Å²) in [5.74, 6) is 0. The fourth-order valence-corrected chi connectivity index (χ4v) is 0.992. The Morgan fingerprint density at radius 3 is 2.31 bits per heavy atom. The second-order valence-corrected chi connectivity index (χ2v) is 13.9. The molecule has 7 heteroatoms. The molecule has 0 spiro atoms. The van der Waals surface area contributed by atoms with Gasteiger partial charge in [-0.15, -0.1) is 0 Å². The molecular formula is C9H15Cl4FeN2. The maximum atomic E-state index is 4.95. The minimum atomic E-state index is -2.61. The molecule has 2 nitrogen and oxygen atoms in total. The summed E-state index contributed by atoms with van der Waals surface area (Å²) in [6, 6.07) is 0. The number of hydrogen-bond acceptors (Lipinski definition) is 0. The molecule has 0 saturated heterocycles. The van der Waals surface area contributed by atoms with E-state index in [0.717, 1.165) is 6.54 Å². The Hall–Kier alpha value is 0.629. The first kappa shape index (κ1) is 16.6. The monoisotopic (exact) mass is 347 g/mol. The molecule has 0 amide bonds. The van der Waals surface area contributed by atoms with Crippen LogP contribution >= 0.6 is 40.4 Å². The van der Waals surface area contributed by atoms with E-state index in [2.05, 4.69) is 24.3 Å². The molecule has 0 aliphatic carbocycles. The number of aryl methyl sites for hydroxylation is 1. The zero-order valence-electron chi connectivity index (χ0n) is 8.90. The van der Waals surface area contributed by atoms with Gasteiger partial charge in [-0.25, -0.2) is 9.13 Å². The standard InChI is InChI=1S/C9H15N2.4ClH.Fe/c1-3-5-6-11-8-7-10(4-2)9-11;;;;;/h4,7-9H,2-3,5-6H2,1H3;4*1H;/q+1;;;;;+3/p-4. The summed E-state index contributed by atoms with van der Waals surface area (Å²) in [7, 11) is 17.2. The van der Waals surface area contributed by atoms with Gasteiger partial charge in [-0.3, -0.25) is 0 Å². The van der Waals surface area contributed by atoms with Crippen molar-refractivity contribution in [2.75, 3.05) is 0 Å². The van der Waals surface area contributed by atoms with Gasteiger partial charge < -0.3 is 0 Å². The van der Waals surface area contributed by atoms with Crippen molar-refractivity contribution in [1.29, 1.82) is 0 Å². The van der Waals surface area contributed by atoms with E-state index in [0.29, 0.717) is 0 Å². The molecule has 1 aromatic heterocycles. The average Bonchev–Trinajstić information content (AvgIpc) is 2.59. The predicted octanol–water partition coefficient (Wildman–Crippen LogP) is 4.43. The van der Waals surface area contributed by atoms with Gasteiger partial charge in [0.2, 0.25) is 6.33 Å². The molecule has 0 saturated carbocycles. The van der Waals surface area contributed by atoms with E-state index >= 15 is 0 Å². The van der Waals surface area contributed by atoms with Crippen LogP contribution in [0, 0.1) is 0 Å². The fourth-order valence-electron chi connectivity index (χ4n) is 0.992. The SMILES string of the molecule is C=Cn1cc[n+](CCCC)c1.[Cl][Fe-]([Cl])([Cl])[Cl]. The summed E-state index contributed by atoms with van der Waals surface area (Å²) in [5.41, 5.74) is 0. The second-order valence-electron chi connectivity index (χ2n) is 2.94. The summed E-state index contributed by atoms with van der Waals surface area (Å²) >= 11 is 0. The van der Waals surface area contributed by atoms with E-state index < -0.39 is 9.20 Å². The molecule has 16 heavy (non-hydrogen) atoms. The summed E-state index contributed by atoms with van der Waals surface area (Å²) < 4.78 is 4.13. The number of aromatic nitrogens is 2. The van der Waals surface area contributed by atoms with E-state index in [1.807, 2.05) is 17.1 Å². The van der Waals surface area contributed by atoms with E-state index in [4.69, 9.17) is 40.4 Å². The van der Waals surface area contributed by atoms with Crippen LogP contribution in [-0.4, -0.2) is 4.57 Å². The van der Waals surface area contributed by atoms with Crippen LogP contribution in [0.5, 0.6) is 0 Å². The Kier molecular flexibility index (Phi) is 9.02. The van der Waals surface area contributed by atoms with Crippen molar-refractivity contribution in [3.05, 3.63) is 25.3 Å². The van der Waals surface area contributed by atoms with Crippen LogP contribution < -0.4 is 4.57 Å². The van der Waals surface area contributed by atoms with Crippen molar-refractivity contribution in [3.8, 4) is 0 Å². The molecular weight excluding hydrogens is 334 g/mol. The predicted molar refractivity (Wildman–Crippen MR) is 69.3 cm³/mol. The zero-order valence-corrected chi connectivity index (χ0v) is 13.0. The molecule has 0 radical (unpaired) electrons. The molecule has 1 heterocycles. The van der Waals surface area contributed by atoms with Crippen LogP contribution in [0.1, 0.15) is 19.8 Å². The van der Waals surface area contributed by atoms with Gasteiger partial charge in [-0.05, 0) is 6.42 Å². The molecule has 1 rings (SSSR count). The number of nitrogens with zero attached hydrogens (tertiary/aromatic N) is 2. The topological polar surface area (TPSA) is 8.81 Å². The normalized spacial score (nSPS) is 11.6. The Labute approximate surface area is 116 Å². The van der Waals surface area contributed by atoms with Crippen LogP contribution in [0.25, 0.3) is 6.20 Å². The third-order valence-corrected chi connectivity index (χ3v) is 1.69. The molecule has 0 aliphatic rings. The van der Waals surface area contributed by atoms with Gasteiger partial charge >= 0.3 is 49.6 Å². The quantitative estimate of drug-likeness (QED) is 0.562. The van der Waals surface area contributed by atoms with Crippen LogP contribution in [0.2, 0.25) is 0 Å². The Morgan fingerprint density at radius 1 is 1.38 bits per heavy atom. The molecule has 0 unspecified atom stereocenters. The molecule has 0 aromatic carbocycles. The minimum absolute atomic E-state index is 1.11. The van der Waals surface area contributed by atoms with Gasteiger partial charge in [0.05, 0.1) is 12.7 Å². The van der Waals surface area contributed by atoms with Crippen LogP contribution in [0.4, 0.5) is 0 Å². The van der Waals surface area contributed by atoms with Gasteiger partial charge in [-0.1, -0.05) is 19.9 Å². The van der Waals surface area contributed by atoms with Gasteiger partial charge in [0.1, 0.15) is 12.4 Å². The van der Waals surface area contributed by atoms with Crippen molar-refractivity contribution in [2.24, 2.45) is 0 Å². The van der Waals surface area contributed by atoms with Crippen LogP contribution in [0.15, 0.2) is 25.3 Å². The Morgan fingerprint density at radius 2 is 1.94 bits per heavy atom.